The Labute approximate surface area is 103 Å². The number of nitrogens with one attached hydrogen (secondary N) is 2. The molecule has 2 amide bonds. The van der Waals surface area contributed by atoms with Gasteiger partial charge in [-0.1, -0.05) is 13.3 Å². The van der Waals surface area contributed by atoms with Crippen molar-refractivity contribution in [2.24, 2.45) is 5.10 Å². The number of urea groups is 1. The van der Waals surface area contributed by atoms with Crippen molar-refractivity contribution in [2.75, 3.05) is 6.54 Å². The summed E-state index contributed by atoms with van der Waals surface area (Å²) in [6.45, 7) is 2.59. The van der Waals surface area contributed by atoms with Crippen molar-refractivity contribution >= 4 is 18.1 Å². The van der Waals surface area contributed by atoms with Crippen LogP contribution in [0.1, 0.15) is 25.5 Å². The molecule has 8 heteroatoms. The second-order valence-corrected chi connectivity index (χ2v) is 3.41. The van der Waals surface area contributed by atoms with E-state index in [2.05, 4.69) is 15.8 Å². The normalized spacial score (nSPS) is 10.5. The number of hydrogen-bond acceptors (Lipinski definition) is 5. The molecule has 0 fully saturated rings. The van der Waals surface area contributed by atoms with E-state index < -0.39 is 11.0 Å². The van der Waals surface area contributed by atoms with Crippen LogP contribution in [0.15, 0.2) is 21.7 Å². The van der Waals surface area contributed by atoms with Crippen molar-refractivity contribution < 1.29 is 14.1 Å². The van der Waals surface area contributed by atoms with Crippen molar-refractivity contribution in [2.45, 2.75) is 19.8 Å². The molecule has 98 valence electrons. The molecule has 0 saturated carbocycles. The maximum absolute atomic E-state index is 11.1. The lowest BCUT2D eigenvalue weighted by Crippen LogP contribution is -2.32. The number of hydrazone groups is 1. The third kappa shape index (κ3) is 4.64. The molecule has 0 radical (unpaired) electrons. The molecule has 8 nitrogen and oxygen atoms in total. The summed E-state index contributed by atoms with van der Waals surface area (Å²) < 4.78 is 4.81. The SMILES string of the molecule is CCCCNC(=O)NN=Cc1ccc([N+](=O)[O-])o1. The maximum atomic E-state index is 11.1. The summed E-state index contributed by atoms with van der Waals surface area (Å²) in [6.07, 6.45) is 3.06. The lowest BCUT2D eigenvalue weighted by Gasteiger charge is -2.01. The quantitative estimate of drug-likeness (QED) is 0.348. The minimum absolute atomic E-state index is 0.190. The molecule has 0 aromatic carbocycles. The highest BCUT2D eigenvalue weighted by atomic mass is 16.6. The Kier molecular flexibility index (Phi) is 5.36. The van der Waals surface area contributed by atoms with E-state index in [4.69, 9.17) is 4.42 Å². The molecule has 0 saturated heterocycles. The van der Waals surface area contributed by atoms with E-state index in [0.717, 1.165) is 12.8 Å². The number of amides is 2. The Balaban J connectivity index is 2.35. The topological polar surface area (TPSA) is 110 Å². The summed E-state index contributed by atoms with van der Waals surface area (Å²) in [5.74, 6) is -0.181. The largest absolute Gasteiger partial charge is 0.433 e. The highest BCUT2D eigenvalue weighted by molar-refractivity contribution is 5.79. The van der Waals surface area contributed by atoms with Crippen molar-refractivity contribution in [1.82, 2.24) is 10.7 Å². The van der Waals surface area contributed by atoms with Crippen LogP contribution in [0.3, 0.4) is 0 Å². The summed E-state index contributed by atoms with van der Waals surface area (Å²) >= 11 is 0. The number of carbonyl (C=O) groups excluding carboxylic acids is 1. The Morgan fingerprint density at radius 2 is 2.39 bits per heavy atom. The van der Waals surface area contributed by atoms with Gasteiger partial charge in [0.25, 0.3) is 0 Å². The summed E-state index contributed by atoms with van der Waals surface area (Å²) in [7, 11) is 0. The second kappa shape index (κ2) is 7.05. The minimum Gasteiger partial charge on any atom is -0.400 e. The average molecular weight is 254 g/mol. The van der Waals surface area contributed by atoms with Gasteiger partial charge in [-0.3, -0.25) is 10.1 Å². The smallest absolute Gasteiger partial charge is 0.400 e. The molecule has 1 rings (SSSR count). The Hall–Kier alpha value is -2.38. The summed E-state index contributed by atoms with van der Waals surface area (Å²) in [6, 6.07) is 2.17. The molecule has 0 unspecified atom stereocenters. The molecule has 2 N–H and O–H groups in total. The van der Waals surface area contributed by atoms with Crippen molar-refractivity contribution in [3.8, 4) is 0 Å². The van der Waals surface area contributed by atoms with E-state index in [-0.39, 0.29) is 11.6 Å². The molecule has 1 aromatic heterocycles. The second-order valence-electron chi connectivity index (χ2n) is 3.41. The first-order chi connectivity index (χ1) is 8.63. The molecule has 0 aliphatic carbocycles. The molecule has 0 spiro atoms. The molecular formula is C10H14N4O4. The number of unbranched alkanes of at least 4 members (excludes halogenated alkanes) is 1. The van der Waals surface area contributed by atoms with Gasteiger partial charge in [-0.2, -0.15) is 5.10 Å². The lowest BCUT2D eigenvalue weighted by atomic mass is 10.3. The predicted octanol–water partition coefficient (Wildman–Crippen LogP) is 1.62. The molecule has 1 aromatic rings. The van der Waals surface area contributed by atoms with Gasteiger partial charge in [-0.15, -0.1) is 0 Å². The van der Waals surface area contributed by atoms with Gasteiger partial charge in [0.05, 0.1) is 12.3 Å². The van der Waals surface area contributed by atoms with E-state index in [1.807, 2.05) is 6.92 Å². The average Bonchev–Trinajstić information content (AvgIpc) is 2.78. The van der Waals surface area contributed by atoms with Crippen LogP contribution in [0.4, 0.5) is 10.7 Å². The Morgan fingerprint density at radius 3 is 3.00 bits per heavy atom. The number of nitro groups is 1. The van der Waals surface area contributed by atoms with Crippen LogP contribution in [-0.4, -0.2) is 23.7 Å². The first-order valence-corrected chi connectivity index (χ1v) is 5.44. The van der Waals surface area contributed by atoms with Crippen LogP contribution < -0.4 is 10.7 Å². The first-order valence-electron chi connectivity index (χ1n) is 5.44. The zero-order chi connectivity index (χ0) is 13.4. The van der Waals surface area contributed by atoms with Crippen molar-refractivity contribution in [3.05, 3.63) is 28.0 Å². The third-order valence-corrected chi connectivity index (χ3v) is 1.97. The van der Waals surface area contributed by atoms with Gasteiger partial charge in [-0.05, 0) is 12.5 Å². The van der Waals surface area contributed by atoms with Gasteiger partial charge in [0.2, 0.25) is 0 Å². The zero-order valence-electron chi connectivity index (χ0n) is 9.88. The van der Waals surface area contributed by atoms with E-state index in [9.17, 15) is 14.9 Å². The van der Waals surface area contributed by atoms with E-state index in [0.29, 0.717) is 6.54 Å². The number of furan rings is 1. The van der Waals surface area contributed by atoms with Crippen LogP contribution >= 0.6 is 0 Å². The molecule has 1 heterocycles. The molecule has 0 aliphatic rings. The van der Waals surface area contributed by atoms with Crippen LogP contribution in [0, 0.1) is 10.1 Å². The van der Waals surface area contributed by atoms with Crippen LogP contribution in [0.5, 0.6) is 0 Å². The number of hydrogen-bond donors (Lipinski definition) is 2. The van der Waals surface area contributed by atoms with Crippen LogP contribution in [-0.2, 0) is 0 Å². The fraction of sp³-hybridized carbons (Fsp3) is 0.400. The molecule has 0 atom stereocenters. The monoisotopic (exact) mass is 254 g/mol. The number of carbonyl (C=O) groups is 1. The highest BCUT2D eigenvalue weighted by Gasteiger charge is 2.10. The fourth-order valence-corrected chi connectivity index (χ4v) is 1.08. The minimum atomic E-state index is -0.651. The van der Waals surface area contributed by atoms with Gasteiger partial charge in [0.15, 0.2) is 5.76 Å². The third-order valence-electron chi connectivity index (χ3n) is 1.97. The van der Waals surface area contributed by atoms with Gasteiger partial charge in [-0.25, -0.2) is 10.2 Å². The zero-order valence-corrected chi connectivity index (χ0v) is 9.88. The van der Waals surface area contributed by atoms with Crippen molar-refractivity contribution in [1.29, 1.82) is 0 Å². The predicted molar refractivity (Wildman–Crippen MR) is 64.4 cm³/mol. The molecular weight excluding hydrogens is 240 g/mol. The highest BCUT2D eigenvalue weighted by Crippen LogP contribution is 2.13. The number of nitrogens with zero attached hydrogens (tertiary/aromatic N) is 2. The molecule has 0 aliphatic heterocycles. The van der Waals surface area contributed by atoms with E-state index in [1.165, 1.54) is 18.3 Å². The van der Waals surface area contributed by atoms with Gasteiger partial charge in [0, 0.05) is 6.54 Å². The lowest BCUT2D eigenvalue weighted by molar-refractivity contribution is -0.402. The fourth-order valence-electron chi connectivity index (χ4n) is 1.08. The van der Waals surface area contributed by atoms with Crippen LogP contribution in [0.25, 0.3) is 0 Å². The van der Waals surface area contributed by atoms with E-state index >= 15 is 0 Å². The Morgan fingerprint density at radius 1 is 1.61 bits per heavy atom. The summed E-state index contributed by atoms with van der Waals surface area (Å²) in [4.78, 5) is 20.8. The van der Waals surface area contributed by atoms with E-state index in [1.54, 1.807) is 0 Å². The molecule has 0 bridgehead atoms. The summed E-state index contributed by atoms with van der Waals surface area (Å²) in [5, 5.41) is 16.5. The number of rotatable bonds is 6. The first kappa shape index (κ1) is 13.7. The molecule has 18 heavy (non-hydrogen) atoms. The van der Waals surface area contributed by atoms with Gasteiger partial charge < -0.3 is 9.73 Å². The standard InChI is InChI=1S/C10H14N4O4/c1-2-3-6-11-10(15)13-12-7-8-4-5-9(18-8)14(16)17/h4-5,7H,2-3,6H2,1H3,(H2,11,13,15). The van der Waals surface area contributed by atoms with Crippen molar-refractivity contribution in [3.63, 3.8) is 0 Å². The van der Waals surface area contributed by atoms with Gasteiger partial charge in [0.1, 0.15) is 4.92 Å². The van der Waals surface area contributed by atoms with Gasteiger partial charge >= 0.3 is 11.9 Å². The maximum Gasteiger partial charge on any atom is 0.433 e. The van der Waals surface area contributed by atoms with Crippen LogP contribution in [0.2, 0.25) is 0 Å². The Bertz CT molecular complexity index is 441. The summed E-state index contributed by atoms with van der Waals surface area (Å²) in [5.41, 5.74) is 2.22.